The Balaban J connectivity index is 2.68. The third-order valence-corrected chi connectivity index (χ3v) is 2.99. The molecule has 1 aliphatic rings. The van der Waals surface area contributed by atoms with E-state index in [0.29, 0.717) is 24.3 Å². The molecule has 1 atom stereocenters. The summed E-state index contributed by atoms with van der Waals surface area (Å²) in [5.74, 6) is -1.95. The predicted octanol–water partition coefficient (Wildman–Crippen LogP) is 0.925. The van der Waals surface area contributed by atoms with E-state index in [9.17, 15) is 19.2 Å². The van der Waals surface area contributed by atoms with Crippen LogP contribution in [0.25, 0.3) is 0 Å². The summed E-state index contributed by atoms with van der Waals surface area (Å²) in [4.78, 5) is 51.4. The fourth-order valence-electron chi connectivity index (χ4n) is 1.99. The number of hydroxylamine groups is 2. The van der Waals surface area contributed by atoms with Gasteiger partial charge < -0.3 is 10.2 Å². The molecule has 1 fully saturated rings. The maximum absolute atomic E-state index is 12.1. The second-order valence-corrected chi connectivity index (χ2v) is 5.49. The molecule has 7 heteroatoms. The van der Waals surface area contributed by atoms with Crippen LogP contribution >= 0.6 is 0 Å². The molecular formula is C14H22N2O5. The summed E-state index contributed by atoms with van der Waals surface area (Å²) in [6, 6.07) is -0.856. The summed E-state index contributed by atoms with van der Waals surface area (Å²) >= 11 is 0. The van der Waals surface area contributed by atoms with Crippen molar-refractivity contribution >= 4 is 23.7 Å². The molecule has 0 saturated carbocycles. The molecule has 1 unspecified atom stereocenters. The van der Waals surface area contributed by atoms with Gasteiger partial charge in [-0.1, -0.05) is 20.8 Å². The van der Waals surface area contributed by atoms with E-state index in [1.54, 1.807) is 0 Å². The average Bonchev–Trinajstić information content (AvgIpc) is 2.69. The molecule has 0 bridgehead atoms. The van der Waals surface area contributed by atoms with Crippen molar-refractivity contribution in [1.29, 1.82) is 0 Å². The first kappa shape index (κ1) is 17.1. The summed E-state index contributed by atoms with van der Waals surface area (Å²) in [6.45, 7) is 5.66. The largest absolute Gasteiger partial charge is 0.355 e. The SMILES string of the molecule is CCCC(=O)NC(CC(C)C)C(=O)ON1C(=O)CCC1=O. The van der Waals surface area contributed by atoms with Crippen LogP contribution < -0.4 is 5.32 Å². The Labute approximate surface area is 124 Å². The number of hydrogen-bond donors (Lipinski definition) is 1. The average molecular weight is 298 g/mol. The molecule has 0 aromatic heterocycles. The van der Waals surface area contributed by atoms with E-state index in [-0.39, 0.29) is 24.7 Å². The van der Waals surface area contributed by atoms with Crippen molar-refractivity contribution in [2.75, 3.05) is 0 Å². The van der Waals surface area contributed by atoms with Crippen LogP contribution in [0.2, 0.25) is 0 Å². The lowest BCUT2D eigenvalue weighted by atomic mass is 10.0. The van der Waals surface area contributed by atoms with E-state index in [1.807, 2.05) is 20.8 Å². The Morgan fingerprint density at radius 2 is 1.81 bits per heavy atom. The molecule has 0 spiro atoms. The highest BCUT2D eigenvalue weighted by molar-refractivity contribution is 6.01. The lowest BCUT2D eigenvalue weighted by Gasteiger charge is -2.21. The number of rotatable bonds is 7. The Morgan fingerprint density at radius 3 is 2.29 bits per heavy atom. The molecule has 1 saturated heterocycles. The molecule has 1 N–H and O–H groups in total. The van der Waals surface area contributed by atoms with Gasteiger partial charge in [0.05, 0.1) is 0 Å². The summed E-state index contributed by atoms with van der Waals surface area (Å²) in [5.41, 5.74) is 0. The summed E-state index contributed by atoms with van der Waals surface area (Å²) in [6.07, 6.45) is 1.44. The zero-order valence-electron chi connectivity index (χ0n) is 12.7. The van der Waals surface area contributed by atoms with Gasteiger partial charge in [-0.25, -0.2) is 4.79 Å². The van der Waals surface area contributed by atoms with Crippen LogP contribution in [-0.2, 0) is 24.0 Å². The number of carbonyl (C=O) groups is 4. The van der Waals surface area contributed by atoms with Crippen molar-refractivity contribution in [2.45, 2.75) is 58.9 Å². The topological polar surface area (TPSA) is 92.8 Å². The normalized spacial score (nSPS) is 16.3. The maximum Gasteiger partial charge on any atom is 0.355 e. The molecule has 1 heterocycles. The van der Waals surface area contributed by atoms with Crippen molar-refractivity contribution in [1.82, 2.24) is 10.4 Å². The molecule has 3 amide bonds. The van der Waals surface area contributed by atoms with Gasteiger partial charge in [-0.05, 0) is 18.8 Å². The lowest BCUT2D eigenvalue weighted by molar-refractivity contribution is -0.199. The van der Waals surface area contributed by atoms with E-state index in [1.165, 1.54) is 0 Å². The van der Waals surface area contributed by atoms with Crippen LogP contribution in [0.3, 0.4) is 0 Å². The molecule has 1 aliphatic heterocycles. The maximum atomic E-state index is 12.1. The van der Waals surface area contributed by atoms with Crippen LogP contribution in [-0.4, -0.2) is 34.8 Å². The number of hydrogen-bond acceptors (Lipinski definition) is 5. The van der Waals surface area contributed by atoms with Gasteiger partial charge in [0, 0.05) is 19.3 Å². The number of nitrogens with one attached hydrogen (secondary N) is 1. The number of imide groups is 1. The van der Waals surface area contributed by atoms with Gasteiger partial charge in [-0.3, -0.25) is 14.4 Å². The minimum atomic E-state index is -0.856. The fraction of sp³-hybridized carbons (Fsp3) is 0.714. The Kier molecular flexibility index (Phi) is 6.33. The third-order valence-electron chi connectivity index (χ3n) is 2.99. The molecule has 0 radical (unpaired) electrons. The van der Waals surface area contributed by atoms with Gasteiger partial charge in [0.15, 0.2) is 0 Å². The first-order valence-electron chi connectivity index (χ1n) is 7.22. The quantitative estimate of drug-likeness (QED) is 0.706. The summed E-state index contributed by atoms with van der Waals surface area (Å²) < 4.78 is 0. The van der Waals surface area contributed by atoms with Gasteiger partial charge in [0.2, 0.25) is 5.91 Å². The van der Waals surface area contributed by atoms with E-state index >= 15 is 0 Å². The fourth-order valence-corrected chi connectivity index (χ4v) is 1.99. The highest BCUT2D eigenvalue weighted by atomic mass is 16.7. The van der Waals surface area contributed by atoms with Gasteiger partial charge in [0.25, 0.3) is 11.8 Å². The van der Waals surface area contributed by atoms with Crippen LogP contribution in [0.15, 0.2) is 0 Å². The van der Waals surface area contributed by atoms with Crippen molar-refractivity contribution in [3.05, 3.63) is 0 Å². The smallest absolute Gasteiger partial charge is 0.343 e. The van der Waals surface area contributed by atoms with Crippen molar-refractivity contribution in [3.63, 3.8) is 0 Å². The monoisotopic (exact) mass is 298 g/mol. The van der Waals surface area contributed by atoms with Crippen LogP contribution in [0.1, 0.15) is 52.9 Å². The second-order valence-electron chi connectivity index (χ2n) is 5.49. The molecule has 0 aromatic carbocycles. The van der Waals surface area contributed by atoms with E-state index in [0.717, 1.165) is 0 Å². The van der Waals surface area contributed by atoms with Gasteiger partial charge in [-0.2, -0.15) is 0 Å². The molecule has 7 nitrogen and oxygen atoms in total. The van der Waals surface area contributed by atoms with E-state index < -0.39 is 23.8 Å². The standard InChI is InChI=1S/C14H22N2O5/c1-4-5-11(17)15-10(8-9(2)3)14(20)21-16-12(18)6-7-13(16)19/h9-10H,4-8H2,1-3H3,(H,15,17). The van der Waals surface area contributed by atoms with Gasteiger partial charge in [0.1, 0.15) is 6.04 Å². The summed E-state index contributed by atoms with van der Waals surface area (Å²) in [5, 5.41) is 3.09. The van der Waals surface area contributed by atoms with Crippen LogP contribution in [0.4, 0.5) is 0 Å². The Morgan fingerprint density at radius 1 is 1.24 bits per heavy atom. The minimum absolute atomic E-state index is 0.0448. The number of carbonyl (C=O) groups excluding carboxylic acids is 4. The molecule has 0 aromatic rings. The second kappa shape index (κ2) is 7.75. The zero-order valence-corrected chi connectivity index (χ0v) is 12.7. The Hall–Kier alpha value is -1.92. The lowest BCUT2D eigenvalue weighted by Crippen LogP contribution is -2.45. The third kappa shape index (κ3) is 5.17. The van der Waals surface area contributed by atoms with Crippen molar-refractivity contribution in [3.8, 4) is 0 Å². The molecule has 118 valence electrons. The molecule has 21 heavy (non-hydrogen) atoms. The van der Waals surface area contributed by atoms with Crippen LogP contribution in [0, 0.1) is 5.92 Å². The predicted molar refractivity (Wildman–Crippen MR) is 73.5 cm³/mol. The molecule has 0 aliphatic carbocycles. The van der Waals surface area contributed by atoms with Gasteiger partial charge in [-0.15, -0.1) is 5.06 Å². The summed E-state index contributed by atoms with van der Waals surface area (Å²) in [7, 11) is 0. The van der Waals surface area contributed by atoms with Crippen molar-refractivity contribution < 1.29 is 24.0 Å². The van der Waals surface area contributed by atoms with E-state index in [2.05, 4.69) is 5.32 Å². The first-order valence-corrected chi connectivity index (χ1v) is 7.22. The Bertz CT molecular complexity index is 417. The van der Waals surface area contributed by atoms with Crippen molar-refractivity contribution in [2.24, 2.45) is 5.92 Å². The number of amides is 3. The van der Waals surface area contributed by atoms with Gasteiger partial charge >= 0.3 is 5.97 Å². The van der Waals surface area contributed by atoms with Crippen LogP contribution in [0.5, 0.6) is 0 Å². The first-order chi connectivity index (χ1) is 9.85. The molecule has 1 rings (SSSR count). The highest BCUT2D eigenvalue weighted by Gasteiger charge is 2.35. The van der Waals surface area contributed by atoms with E-state index in [4.69, 9.17) is 4.84 Å². The highest BCUT2D eigenvalue weighted by Crippen LogP contribution is 2.14. The zero-order chi connectivity index (χ0) is 16.0. The molecular weight excluding hydrogens is 276 g/mol. The minimum Gasteiger partial charge on any atom is -0.343 e. The number of nitrogens with zero attached hydrogens (tertiary/aromatic N) is 1.